The van der Waals surface area contributed by atoms with Crippen molar-refractivity contribution in [3.05, 3.63) is 35.4 Å². The first kappa shape index (κ1) is 24.7. The SMILES string of the molecule is CC(C)OCCOCCCCCCCCCC#Cc1ccc(C(C)(C)C)cc1. The van der Waals surface area contributed by atoms with E-state index in [-0.39, 0.29) is 5.41 Å². The van der Waals surface area contributed by atoms with Crippen molar-refractivity contribution in [3.63, 3.8) is 0 Å². The van der Waals surface area contributed by atoms with Gasteiger partial charge in [-0.05, 0) is 49.8 Å². The van der Waals surface area contributed by atoms with Crippen molar-refractivity contribution in [2.75, 3.05) is 19.8 Å². The summed E-state index contributed by atoms with van der Waals surface area (Å²) in [6.45, 7) is 13.1. The third kappa shape index (κ3) is 13.0. The zero-order chi connectivity index (χ0) is 20.7. The van der Waals surface area contributed by atoms with Gasteiger partial charge in [0.25, 0.3) is 0 Å². The first-order valence-corrected chi connectivity index (χ1v) is 11.2. The van der Waals surface area contributed by atoms with Crippen LogP contribution >= 0.6 is 0 Å². The molecule has 0 spiro atoms. The van der Waals surface area contributed by atoms with Gasteiger partial charge in [-0.15, -0.1) is 0 Å². The van der Waals surface area contributed by atoms with Gasteiger partial charge in [-0.1, -0.05) is 76.8 Å². The predicted molar refractivity (Wildman–Crippen MR) is 121 cm³/mol. The molecule has 1 rings (SSSR count). The summed E-state index contributed by atoms with van der Waals surface area (Å²) in [6, 6.07) is 8.70. The van der Waals surface area contributed by atoms with E-state index in [2.05, 4.69) is 70.7 Å². The predicted octanol–water partition coefficient (Wildman–Crippen LogP) is 6.90. The van der Waals surface area contributed by atoms with Gasteiger partial charge < -0.3 is 9.47 Å². The van der Waals surface area contributed by atoms with Gasteiger partial charge in [-0.25, -0.2) is 0 Å². The molecule has 0 aliphatic rings. The smallest absolute Gasteiger partial charge is 0.0703 e. The third-order valence-corrected chi connectivity index (χ3v) is 4.75. The Morgan fingerprint density at radius 2 is 1.39 bits per heavy atom. The molecule has 0 heterocycles. The summed E-state index contributed by atoms with van der Waals surface area (Å²) >= 11 is 0. The molecule has 0 saturated heterocycles. The molecule has 2 nitrogen and oxygen atoms in total. The Balaban J connectivity index is 1.94. The van der Waals surface area contributed by atoms with Crippen molar-refractivity contribution >= 4 is 0 Å². The van der Waals surface area contributed by atoms with Gasteiger partial charge >= 0.3 is 0 Å². The fourth-order valence-electron chi connectivity index (χ4n) is 2.96. The molecule has 158 valence electrons. The van der Waals surface area contributed by atoms with Crippen LogP contribution < -0.4 is 0 Å². The molecule has 0 amide bonds. The van der Waals surface area contributed by atoms with Crippen LogP contribution in [0.4, 0.5) is 0 Å². The summed E-state index contributed by atoms with van der Waals surface area (Å²) in [4.78, 5) is 0. The van der Waals surface area contributed by atoms with E-state index in [0.717, 1.165) is 25.2 Å². The van der Waals surface area contributed by atoms with Crippen LogP contribution in [0.2, 0.25) is 0 Å². The molecule has 0 unspecified atom stereocenters. The van der Waals surface area contributed by atoms with Crippen molar-refractivity contribution in [2.24, 2.45) is 0 Å². The maximum atomic E-state index is 5.58. The Morgan fingerprint density at radius 1 is 0.786 bits per heavy atom. The van der Waals surface area contributed by atoms with Crippen LogP contribution in [0.1, 0.15) is 97.1 Å². The molecule has 0 bridgehead atoms. The normalized spacial score (nSPS) is 11.5. The summed E-state index contributed by atoms with van der Waals surface area (Å²) in [5.41, 5.74) is 2.71. The molecule has 0 aliphatic heterocycles. The molecule has 0 saturated carbocycles. The molecular formula is C26H42O2. The molecule has 0 aliphatic carbocycles. The summed E-state index contributed by atoms with van der Waals surface area (Å²) in [6.07, 6.45) is 10.2. The van der Waals surface area contributed by atoms with Gasteiger partial charge in [0, 0.05) is 18.6 Å². The van der Waals surface area contributed by atoms with Gasteiger partial charge in [0.15, 0.2) is 0 Å². The second kappa shape index (κ2) is 14.7. The van der Waals surface area contributed by atoms with E-state index in [9.17, 15) is 0 Å². The topological polar surface area (TPSA) is 18.5 Å². The highest BCUT2D eigenvalue weighted by atomic mass is 16.5. The summed E-state index contributed by atoms with van der Waals surface area (Å²) < 4.78 is 11.0. The fourth-order valence-corrected chi connectivity index (χ4v) is 2.96. The quantitative estimate of drug-likeness (QED) is 0.271. The first-order valence-electron chi connectivity index (χ1n) is 11.2. The van der Waals surface area contributed by atoms with E-state index >= 15 is 0 Å². The molecule has 0 atom stereocenters. The lowest BCUT2D eigenvalue weighted by atomic mass is 9.87. The van der Waals surface area contributed by atoms with Gasteiger partial charge in [-0.3, -0.25) is 0 Å². The second-order valence-electron chi connectivity index (χ2n) is 8.89. The highest BCUT2D eigenvalue weighted by Crippen LogP contribution is 2.21. The zero-order valence-corrected chi connectivity index (χ0v) is 19.0. The number of benzene rings is 1. The standard InChI is InChI=1S/C26H42O2/c1-23(2)28-22-21-27-20-14-12-10-8-6-7-9-11-13-15-24-16-18-25(19-17-24)26(3,4)5/h16-19,23H,6-12,14,20-22H2,1-5H3. The van der Waals surface area contributed by atoms with E-state index in [1.165, 1.54) is 50.5 Å². The number of ether oxygens (including phenoxy) is 2. The average molecular weight is 387 g/mol. The molecule has 28 heavy (non-hydrogen) atoms. The van der Waals surface area contributed by atoms with Gasteiger partial charge in [0.1, 0.15) is 0 Å². The lowest BCUT2D eigenvalue weighted by molar-refractivity contribution is 0.0186. The molecular weight excluding hydrogens is 344 g/mol. The highest BCUT2D eigenvalue weighted by Gasteiger charge is 2.12. The maximum absolute atomic E-state index is 5.58. The van der Waals surface area contributed by atoms with Gasteiger partial charge in [0.05, 0.1) is 19.3 Å². The van der Waals surface area contributed by atoms with Crippen LogP contribution in [0.5, 0.6) is 0 Å². The minimum absolute atomic E-state index is 0.210. The van der Waals surface area contributed by atoms with E-state index in [1.807, 2.05) is 0 Å². The summed E-state index contributed by atoms with van der Waals surface area (Å²) in [7, 11) is 0. The van der Waals surface area contributed by atoms with E-state index in [1.54, 1.807) is 0 Å². The molecule has 0 radical (unpaired) electrons. The van der Waals surface area contributed by atoms with Crippen molar-refractivity contribution in [1.82, 2.24) is 0 Å². The third-order valence-electron chi connectivity index (χ3n) is 4.75. The van der Waals surface area contributed by atoms with Crippen LogP contribution in [-0.2, 0) is 14.9 Å². The number of rotatable bonds is 13. The minimum atomic E-state index is 0.210. The average Bonchev–Trinajstić information content (AvgIpc) is 2.64. The molecule has 1 aromatic rings. The Hall–Kier alpha value is -1.30. The van der Waals surface area contributed by atoms with Crippen LogP contribution in [0.25, 0.3) is 0 Å². The lowest BCUT2D eigenvalue weighted by Crippen LogP contribution is -2.10. The summed E-state index contributed by atoms with van der Waals surface area (Å²) in [5, 5.41) is 0. The molecule has 1 aromatic carbocycles. The Labute approximate surface area is 174 Å². The number of hydrogen-bond donors (Lipinski definition) is 0. The molecule has 2 heteroatoms. The van der Waals surface area contributed by atoms with Crippen molar-refractivity contribution in [3.8, 4) is 11.8 Å². The zero-order valence-electron chi connectivity index (χ0n) is 19.0. The van der Waals surface area contributed by atoms with Crippen molar-refractivity contribution in [1.29, 1.82) is 0 Å². The lowest BCUT2D eigenvalue weighted by Gasteiger charge is -2.18. The number of unbranched alkanes of at least 4 members (excludes halogenated alkanes) is 7. The van der Waals surface area contributed by atoms with Crippen LogP contribution in [0.15, 0.2) is 24.3 Å². The second-order valence-corrected chi connectivity index (χ2v) is 8.89. The maximum Gasteiger partial charge on any atom is 0.0703 e. The van der Waals surface area contributed by atoms with Gasteiger partial charge in [-0.2, -0.15) is 0 Å². The minimum Gasteiger partial charge on any atom is -0.379 e. The monoisotopic (exact) mass is 386 g/mol. The first-order chi connectivity index (χ1) is 13.4. The largest absolute Gasteiger partial charge is 0.379 e. The summed E-state index contributed by atoms with van der Waals surface area (Å²) in [5.74, 6) is 6.62. The highest BCUT2D eigenvalue weighted by molar-refractivity contribution is 5.37. The van der Waals surface area contributed by atoms with E-state index < -0.39 is 0 Å². The van der Waals surface area contributed by atoms with Crippen molar-refractivity contribution in [2.45, 2.75) is 97.5 Å². The van der Waals surface area contributed by atoms with Crippen LogP contribution in [0, 0.1) is 11.8 Å². The molecule has 0 N–H and O–H groups in total. The number of hydrogen-bond acceptors (Lipinski definition) is 2. The fraction of sp³-hybridized carbons (Fsp3) is 0.692. The van der Waals surface area contributed by atoms with Crippen molar-refractivity contribution < 1.29 is 9.47 Å². The van der Waals surface area contributed by atoms with E-state index in [4.69, 9.17) is 9.47 Å². The Kier molecular flexibility index (Phi) is 13.0. The van der Waals surface area contributed by atoms with Gasteiger partial charge in [0.2, 0.25) is 0 Å². The van der Waals surface area contributed by atoms with E-state index in [0.29, 0.717) is 12.7 Å². The van der Waals surface area contributed by atoms with Crippen LogP contribution in [0.3, 0.4) is 0 Å². The Morgan fingerprint density at radius 3 is 2.00 bits per heavy atom. The molecule has 0 fully saturated rings. The van der Waals surface area contributed by atoms with Crippen LogP contribution in [-0.4, -0.2) is 25.9 Å². The molecule has 0 aromatic heterocycles. The Bertz CT molecular complexity index is 555.